The Balaban J connectivity index is 1.12. The van der Waals surface area contributed by atoms with Crippen molar-refractivity contribution in [3.05, 3.63) is 82.3 Å². The van der Waals surface area contributed by atoms with Crippen molar-refractivity contribution in [1.29, 1.82) is 0 Å². The van der Waals surface area contributed by atoms with E-state index in [2.05, 4.69) is 26.2 Å². The first-order valence-corrected chi connectivity index (χ1v) is 12.7. The van der Waals surface area contributed by atoms with Crippen LogP contribution in [0.4, 0.5) is 5.69 Å². The molecule has 1 atom stereocenters. The van der Waals surface area contributed by atoms with Gasteiger partial charge in [0, 0.05) is 38.4 Å². The average molecular weight is 505 g/mol. The Morgan fingerprint density at radius 3 is 2.57 bits per heavy atom. The smallest absolute Gasteiger partial charge is 0.261 e. The van der Waals surface area contributed by atoms with Crippen molar-refractivity contribution in [2.45, 2.75) is 19.6 Å². The molecule has 3 heterocycles. The fourth-order valence-electron chi connectivity index (χ4n) is 4.63. The highest BCUT2D eigenvalue weighted by Gasteiger charge is 2.23. The summed E-state index contributed by atoms with van der Waals surface area (Å²) >= 11 is 0. The van der Waals surface area contributed by atoms with Gasteiger partial charge in [-0.25, -0.2) is 0 Å². The second-order valence-electron chi connectivity index (χ2n) is 9.10. The number of hydrogen-bond acceptors (Lipinski definition) is 7. The molecule has 2 aliphatic rings. The molecule has 9 nitrogen and oxygen atoms in total. The van der Waals surface area contributed by atoms with Crippen molar-refractivity contribution >= 4 is 11.6 Å². The summed E-state index contributed by atoms with van der Waals surface area (Å²) in [7, 11) is 0. The van der Waals surface area contributed by atoms with Gasteiger partial charge in [-0.05, 0) is 43.3 Å². The maximum Gasteiger partial charge on any atom is 0.261 e. The van der Waals surface area contributed by atoms with Crippen LogP contribution in [0, 0.1) is 0 Å². The van der Waals surface area contributed by atoms with Crippen molar-refractivity contribution in [2.24, 2.45) is 0 Å². The van der Waals surface area contributed by atoms with Crippen LogP contribution in [0.5, 0.6) is 17.2 Å². The Morgan fingerprint density at radius 1 is 1.03 bits per heavy atom. The lowest BCUT2D eigenvalue weighted by molar-refractivity contribution is 0.0788. The lowest BCUT2D eigenvalue weighted by Crippen LogP contribution is -2.46. The maximum absolute atomic E-state index is 12.7. The Hall–Kier alpha value is -3.98. The molecule has 0 bridgehead atoms. The number of rotatable bonds is 8. The van der Waals surface area contributed by atoms with Crippen molar-refractivity contribution < 1.29 is 19.0 Å². The molecule has 2 aliphatic heterocycles. The Morgan fingerprint density at radius 2 is 1.78 bits per heavy atom. The molecule has 0 radical (unpaired) electrons. The van der Waals surface area contributed by atoms with Gasteiger partial charge in [-0.2, -0.15) is 0 Å². The number of benzene rings is 2. The molecule has 0 spiro atoms. The molecular weight excluding hydrogens is 472 g/mol. The van der Waals surface area contributed by atoms with E-state index in [1.54, 1.807) is 6.07 Å². The highest BCUT2D eigenvalue weighted by molar-refractivity contribution is 5.93. The van der Waals surface area contributed by atoms with Crippen molar-refractivity contribution in [3.8, 4) is 17.2 Å². The van der Waals surface area contributed by atoms with Crippen LogP contribution >= 0.6 is 0 Å². The zero-order chi connectivity index (χ0) is 25.6. The van der Waals surface area contributed by atoms with E-state index >= 15 is 0 Å². The number of piperazine rings is 1. The van der Waals surface area contributed by atoms with Crippen LogP contribution in [0.25, 0.3) is 0 Å². The first kappa shape index (κ1) is 24.7. The number of H-pyrrole nitrogens is 1. The van der Waals surface area contributed by atoms with E-state index < -0.39 is 11.5 Å². The number of carbonyl (C=O) groups excluding carboxylic acids is 1. The van der Waals surface area contributed by atoms with Gasteiger partial charge >= 0.3 is 0 Å². The van der Waals surface area contributed by atoms with Gasteiger partial charge in [0.2, 0.25) is 0 Å². The normalized spacial score (nSPS) is 17.3. The van der Waals surface area contributed by atoms with Gasteiger partial charge in [0.15, 0.2) is 11.5 Å². The van der Waals surface area contributed by atoms with E-state index in [4.69, 9.17) is 14.2 Å². The minimum atomic E-state index is -0.433. The molecule has 1 aromatic heterocycles. The molecule has 0 unspecified atom stereocenters. The maximum atomic E-state index is 12.7. The van der Waals surface area contributed by atoms with Crippen LogP contribution in [0.3, 0.4) is 0 Å². The van der Waals surface area contributed by atoms with E-state index in [1.165, 1.54) is 0 Å². The highest BCUT2D eigenvalue weighted by atomic mass is 16.6. The standard InChI is InChI=1S/C28H32N4O5/c1-2-35-24-8-4-3-7-23(24)32-15-13-31(14-16-32)18-20-11-12-22(28(34)30-20)27(33)29-17-21-19-36-25-9-5-6-10-26(25)37-21/h3-12,21H,2,13-19H2,1H3,(H,29,33)(H,30,34)/t21-/m1/s1. The molecular formula is C28H32N4O5. The van der Waals surface area contributed by atoms with Gasteiger partial charge in [0.05, 0.1) is 18.8 Å². The summed E-state index contributed by atoms with van der Waals surface area (Å²) in [4.78, 5) is 32.8. The van der Waals surface area contributed by atoms with Crippen molar-refractivity contribution in [2.75, 3.05) is 50.8 Å². The summed E-state index contributed by atoms with van der Waals surface area (Å²) in [6, 6.07) is 18.9. The lowest BCUT2D eigenvalue weighted by Gasteiger charge is -2.36. The second-order valence-corrected chi connectivity index (χ2v) is 9.10. The molecule has 37 heavy (non-hydrogen) atoms. The number of aromatic amines is 1. The van der Waals surface area contributed by atoms with E-state index in [9.17, 15) is 9.59 Å². The third kappa shape index (κ3) is 5.89. The van der Waals surface area contributed by atoms with Crippen LogP contribution in [-0.4, -0.2) is 67.8 Å². The molecule has 2 N–H and O–H groups in total. The summed E-state index contributed by atoms with van der Waals surface area (Å²) in [6.45, 7) is 7.26. The molecule has 1 amide bonds. The minimum absolute atomic E-state index is 0.0817. The van der Waals surface area contributed by atoms with E-state index in [0.717, 1.165) is 43.3 Å². The van der Waals surface area contributed by atoms with Gasteiger partial charge < -0.3 is 29.4 Å². The van der Waals surface area contributed by atoms with Gasteiger partial charge in [0.1, 0.15) is 24.0 Å². The molecule has 0 aliphatic carbocycles. The third-order valence-electron chi connectivity index (χ3n) is 6.54. The molecule has 2 aromatic carbocycles. The fraction of sp³-hybridized carbons (Fsp3) is 0.357. The van der Waals surface area contributed by atoms with Crippen LogP contribution in [0.2, 0.25) is 0 Å². The molecule has 3 aromatic rings. The molecule has 9 heteroatoms. The third-order valence-corrected chi connectivity index (χ3v) is 6.54. The van der Waals surface area contributed by atoms with Crippen molar-refractivity contribution in [1.82, 2.24) is 15.2 Å². The number of para-hydroxylation sites is 4. The van der Waals surface area contributed by atoms with Crippen LogP contribution in [-0.2, 0) is 6.54 Å². The topological polar surface area (TPSA) is 96.1 Å². The van der Waals surface area contributed by atoms with Gasteiger partial charge in [-0.1, -0.05) is 24.3 Å². The predicted molar refractivity (Wildman–Crippen MR) is 141 cm³/mol. The Kier molecular flexibility index (Phi) is 7.60. The van der Waals surface area contributed by atoms with Crippen LogP contribution in [0.15, 0.2) is 65.5 Å². The number of anilines is 1. The van der Waals surface area contributed by atoms with Crippen molar-refractivity contribution in [3.63, 3.8) is 0 Å². The number of amides is 1. The first-order chi connectivity index (χ1) is 18.1. The van der Waals surface area contributed by atoms with Crippen LogP contribution < -0.4 is 30.0 Å². The molecule has 1 saturated heterocycles. The number of nitrogens with one attached hydrogen (secondary N) is 2. The number of fused-ring (bicyclic) bond motifs is 1. The Labute approximate surface area is 216 Å². The first-order valence-electron chi connectivity index (χ1n) is 12.7. The Bertz CT molecular complexity index is 1290. The molecule has 194 valence electrons. The van der Waals surface area contributed by atoms with Gasteiger partial charge in [-0.15, -0.1) is 0 Å². The van der Waals surface area contributed by atoms with E-state index in [0.29, 0.717) is 31.3 Å². The SMILES string of the molecule is CCOc1ccccc1N1CCN(Cc2ccc(C(=O)NC[C@@H]3COc4ccccc4O3)c(=O)[nH]2)CC1. The average Bonchev–Trinajstić information content (AvgIpc) is 2.93. The minimum Gasteiger partial charge on any atom is -0.492 e. The number of pyridine rings is 1. The summed E-state index contributed by atoms with van der Waals surface area (Å²) < 4.78 is 17.3. The fourth-order valence-corrected chi connectivity index (χ4v) is 4.63. The second kappa shape index (κ2) is 11.4. The summed E-state index contributed by atoms with van der Waals surface area (Å²) in [5.74, 6) is 1.81. The zero-order valence-corrected chi connectivity index (χ0v) is 20.9. The molecule has 0 saturated carbocycles. The number of carbonyl (C=O) groups is 1. The summed E-state index contributed by atoms with van der Waals surface area (Å²) in [5.41, 5.74) is 1.58. The van der Waals surface area contributed by atoms with E-state index in [-0.39, 0.29) is 18.2 Å². The highest BCUT2D eigenvalue weighted by Crippen LogP contribution is 2.31. The summed E-state index contributed by atoms with van der Waals surface area (Å²) in [5, 5.41) is 2.78. The predicted octanol–water partition coefficient (Wildman–Crippen LogP) is 2.67. The van der Waals surface area contributed by atoms with Crippen LogP contribution in [0.1, 0.15) is 23.0 Å². The quantitative estimate of drug-likeness (QED) is 0.487. The monoisotopic (exact) mass is 504 g/mol. The van der Waals surface area contributed by atoms with Gasteiger partial charge in [-0.3, -0.25) is 14.5 Å². The number of ether oxygens (including phenoxy) is 3. The number of aromatic nitrogens is 1. The van der Waals surface area contributed by atoms with Gasteiger partial charge in [0.25, 0.3) is 11.5 Å². The number of hydrogen-bond donors (Lipinski definition) is 2. The largest absolute Gasteiger partial charge is 0.492 e. The molecule has 1 fully saturated rings. The molecule has 5 rings (SSSR count). The summed E-state index contributed by atoms with van der Waals surface area (Å²) in [6.07, 6.45) is -0.323. The lowest BCUT2D eigenvalue weighted by atomic mass is 10.2. The van der Waals surface area contributed by atoms with E-state index in [1.807, 2.05) is 55.5 Å². The zero-order valence-electron chi connectivity index (χ0n) is 20.9. The number of nitrogens with zero attached hydrogens (tertiary/aromatic N) is 2.